The fourth-order valence-corrected chi connectivity index (χ4v) is 3.03. The number of aryl methyl sites for hydroxylation is 2. The van der Waals surface area contributed by atoms with Crippen LogP contribution in [0.3, 0.4) is 0 Å². The maximum atomic E-state index is 12.7. The van der Waals surface area contributed by atoms with Crippen LogP contribution in [-0.4, -0.2) is 35.8 Å². The van der Waals surface area contributed by atoms with E-state index in [-0.39, 0.29) is 17.7 Å². The molecule has 3 rings (SSSR count). The summed E-state index contributed by atoms with van der Waals surface area (Å²) in [7, 11) is 0. The summed E-state index contributed by atoms with van der Waals surface area (Å²) in [6, 6.07) is 6.41. The van der Waals surface area contributed by atoms with E-state index in [2.05, 4.69) is 5.32 Å². The zero-order valence-corrected chi connectivity index (χ0v) is 13.4. The SMILES string of the molecule is Cc1ccc(C)c(C(=O)N2CCC(C(=O)NC3CC3)CC2)c1. The summed E-state index contributed by atoms with van der Waals surface area (Å²) in [5.74, 6) is 0.354. The fourth-order valence-electron chi connectivity index (χ4n) is 3.03. The molecule has 4 nitrogen and oxygen atoms in total. The Bertz CT molecular complexity index is 585. The van der Waals surface area contributed by atoms with Crippen molar-refractivity contribution in [2.24, 2.45) is 5.92 Å². The Hall–Kier alpha value is -1.84. The van der Waals surface area contributed by atoms with Gasteiger partial charge in [0.05, 0.1) is 0 Å². The van der Waals surface area contributed by atoms with Gasteiger partial charge in [0.2, 0.25) is 5.91 Å². The first-order chi connectivity index (χ1) is 10.5. The lowest BCUT2D eigenvalue weighted by Gasteiger charge is -2.31. The second kappa shape index (κ2) is 6.11. The number of carbonyl (C=O) groups is 2. The van der Waals surface area contributed by atoms with E-state index in [0.717, 1.165) is 42.4 Å². The number of rotatable bonds is 3. The van der Waals surface area contributed by atoms with Crippen molar-refractivity contribution < 1.29 is 9.59 Å². The van der Waals surface area contributed by atoms with E-state index in [1.54, 1.807) is 0 Å². The van der Waals surface area contributed by atoms with Gasteiger partial charge >= 0.3 is 0 Å². The average molecular weight is 300 g/mol. The van der Waals surface area contributed by atoms with Crippen LogP contribution in [0.2, 0.25) is 0 Å². The molecule has 0 atom stereocenters. The van der Waals surface area contributed by atoms with E-state index < -0.39 is 0 Å². The standard InChI is InChI=1S/C18H24N2O2/c1-12-3-4-13(2)16(11-12)18(22)20-9-7-14(8-10-20)17(21)19-15-5-6-15/h3-4,11,14-15H,5-10H2,1-2H3,(H,19,21). The highest BCUT2D eigenvalue weighted by molar-refractivity contribution is 5.96. The van der Waals surface area contributed by atoms with Crippen LogP contribution in [0.25, 0.3) is 0 Å². The quantitative estimate of drug-likeness (QED) is 0.932. The van der Waals surface area contributed by atoms with Gasteiger partial charge in [-0.15, -0.1) is 0 Å². The van der Waals surface area contributed by atoms with Gasteiger partial charge in [0.15, 0.2) is 0 Å². The third-order valence-electron chi connectivity index (χ3n) is 4.70. The molecule has 0 radical (unpaired) electrons. The second-order valence-electron chi connectivity index (χ2n) is 6.67. The first-order valence-electron chi connectivity index (χ1n) is 8.21. The van der Waals surface area contributed by atoms with Crippen LogP contribution in [-0.2, 0) is 4.79 Å². The molecule has 1 saturated carbocycles. The van der Waals surface area contributed by atoms with Crippen LogP contribution in [0.15, 0.2) is 18.2 Å². The molecule has 118 valence electrons. The molecular weight excluding hydrogens is 276 g/mol. The van der Waals surface area contributed by atoms with Gasteiger partial charge in [-0.3, -0.25) is 9.59 Å². The first kappa shape index (κ1) is 15.1. The first-order valence-corrected chi connectivity index (χ1v) is 8.21. The van der Waals surface area contributed by atoms with Crippen LogP contribution >= 0.6 is 0 Å². The van der Waals surface area contributed by atoms with Crippen LogP contribution in [0.5, 0.6) is 0 Å². The van der Waals surface area contributed by atoms with Crippen molar-refractivity contribution in [3.63, 3.8) is 0 Å². The highest BCUT2D eigenvalue weighted by Gasteiger charge is 2.31. The van der Waals surface area contributed by atoms with E-state index in [1.807, 2.05) is 36.9 Å². The Morgan fingerprint density at radius 1 is 1.09 bits per heavy atom. The largest absolute Gasteiger partial charge is 0.353 e. The number of nitrogens with zero attached hydrogens (tertiary/aromatic N) is 1. The average Bonchev–Trinajstić information content (AvgIpc) is 3.33. The third kappa shape index (κ3) is 3.32. The summed E-state index contributed by atoms with van der Waals surface area (Å²) in [5, 5.41) is 3.07. The molecule has 2 amide bonds. The van der Waals surface area contributed by atoms with Crippen molar-refractivity contribution in [1.82, 2.24) is 10.2 Å². The maximum Gasteiger partial charge on any atom is 0.254 e. The predicted molar refractivity (Wildman–Crippen MR) is 85.7 cm³/mol. The summed E-state index contributed by atoms with van der Waals surface area (Å²) in [6.45, 7) is 5.33. The van der Waals surface area contributed by atoms with Crippen LogP contribution in [0.1, 0.15) is 47.2 Å². The van der Waals surface area contributed by atoms with E-state index in [4.69, 9.17) is 0 Å². The number of benzene rings is 1. The van der Waals surface area contributed by atoms with Gasteiger partial charge in [0, 0.05) is 30.6 Å². The molecule has 1 aromatic rings. The molecule has 0 unspecified atom stereocenters. The van der Waals surface area contributed by atoms with Gasteiger partial charge in [-0.1, -0.05) is 17.7 Å². The molecule has 1 aliphatic carbocycles. The van der Waals surface area contributed by atoms with Gasteiger partial charge in [-0.25, -0.2) is 0 Å². The zero-order valence-electron chi connectivity index (χ0n) is 13.4. The Morgan fingerprint density at radius 3 is 2.41 bits per heavy atom. The molecule has 0 bridgehead atoms. The number of hydrogen-bond acceptors (Lipinski definition) is 2. The molecule has 0 spiro atoms. The Labute approximate surface area is 131 Å². The molecule has 2 fully saturated rings. The minimum atomic E-state index is 0.0725. The van der Waals surface area contributed by atoms with Crippen LogP contribution < -0.4 is 5.32 Å². The zero-order chi connectivity index (χ0) is 15.7. The molecular formula is C18H24N2O2. The summed E-state index contributed by atoms with van der Waals surface area (Å²) in [6.07, 6.45) is 3.79. The van der Waals surface area contributed by atoms with Crippen LogP contribution in [0.4, 0.5) is 0 Å². The monoisotopic (exact) mass is 300 g/mol. The molecule has 1 aromatic carbocycles. The molecule has 1 saturated heterocycles. The lowest BCUT2D eigenvalue weighted by molar-refractivity contribution is -0.126. The Kier molecular flexibility index (Phi) is 4.19. The molecule has 4 heteroatoms. The van der Waals surface area contributed by atoms with Crippen molar-refractivity contribution in [3.8, 4) is 0 Å². The van der Waals surface area contributed by atoms with Crippen LogP contribution in [0, 0.1) is 19.8 Å². The Morgan fingerprint density at radius 2 is 1.77 bits per heavy atom. The Balaban J connectivity index is 1.59. The molecule has 2 aliphatic rings. The molecule has 1 heterocycles. The van der Waals surface area contributed by atoms with E-state index in [0.29, 0.717) is 19.1 Å². The topological polar surface area (TPSA) is 49.4 Å². The minimum absolute atomic E-state index is 0.0725. The third-order valence-corrected chi connectivity index (χ3v) is 4.70. The number of amides is 2. The minimum Gasteiger partial charge on any atom is -0.353 e. The second-order valence-corrected chi connectivity index (χ2v) is 6.67. The lowest BCUT2D eigenvalue weighted by atomic mass is 9.94. The molecule has 1 aliphatic heterocycles. The van der Waals surface area contributed by atoms with Gasteiger partial charge < -0.3 is 10.2 Å². The van der Waals surface area contributed by atoms with Gasteiger partial charge in [-0.2, -0.15) is 0 Å². The smallest absolute Gasteiger partial charge is 0.254 e. The number of hydrogen-bond donors (Lipinski definition) is 1. The predicted octanol–water partition coefficient (Wildman–Crippen LogP) is 2.43. The van der Waals surface area contributed by atoms with E-state index >= 15 is 0 Å². The van der Waals surface area contributed by atoms with Gasteiger partial charge in [0.25, 0.3) is 5.91 Å². The van der Waals surface area contributed by atoms with Crippen molar-refractivity contribution in [1.29, 1.82) is 0 Å². The summed E-state index contributed by atoms with van der Waals surface area (Å²) >= 11 is 0. The normalized spacial score (nSPS) is 19.1. The maximum absolute atomic E-state index is 12.7. The number of carbonyl (C=O) groups excluding carboxylic acids is 2. The summed E-state index contributed by atoms with van der Waals surface area (Å²) in [5.41, 5.74) is 2.91. The number of likely N-dealkylation sites (tertiary alicyclic amines) is 1. The number of nitrogens with one attached hydrogen (secondary N) is 1. The van der Waals surface area contributed by atoms with Crippen molar-refractivity contribution in [2.45, 2.75) is 45.6 Å². The van der Waals surface area contributed by atoms with Gasteiger partial charge in [-0.05, 0) is 51.2 Å². The summed E-state index contributed by atoms with van der Waals surface area (Å²) in [4.78, 5) is 26.6. The molecule has 1 N–H and O–H groups in total. The van der Waals surface area contributed by atoms with E-state index in [1.165, 1.54) is 0 Å². The van der Waals surface area contributed by atoms with Gasteiger partial charge in [0.1, 0.15) is 0 Å². The van der Waals surface area contributed by atoms with Crippen molar-refractivity contribution in [2.75, 3.05) is 13.1 Å². The van der Waals surface area contributed by atoms with E-state index in [9.17, 15) is 9.59 Å². The number of piperidine rings is 1. The summed E-state index contributed by atoms with van der Waals surface area (Å²) < 4.78 is 0. The molecule has 0 aromatic heterocycles. The fraction of sp³-hybridized carbons (Fsp3) is 0.556. The highest BCUT2D eigenvalue weighted by atomic mass is 16.2. The van der Waals surface area contributed by atoms with Crippen molar-refractivity contribution >= 4 is 11.8 Å². The lowest BCUT2D eigenvalue weighted by Crippen LogP contribution is -2.43. The molecule has 22 heavy (non-hydrogen) atoms. The van der Waals surface area contributed by atoms with Crippen molar-refractivity contribution in [3.05, 3.63) is 34.9 Å². The highest BCUT2D eigenvalue weighted by Crippen LogP contribution is 2.24.